The predicted octanol–water partition coefficient (Wildman–Crippen LogP) is 0.787. The van der Waals surface area contributed by atoms with Gasteiger partial charge in [0.05, 0.1) is 13.1 Å². The van der Waals surface area contributed by atoms with Crippen molar-refractivity contribution in [1.29, 1.82) is 0 Å². The molecular weight excluding hydrogens is 218 g/mol. The van der Waals surface area contributed by atoms with Crippen LogP contribution in [-0.4, -0.2) is 28.4 Å². The maximum atomic E-state index is 11.3. The molecule has 0 radical (unpaired) electrons. The summed E-state index contributed by atoms with van der Waals surface area (Å²) in [5, 5.41) is 2.83. The molecular formula is C9H8ClN3O2. The van der Waals surface area contributed by atoms with E-state index in [9.17, 15) is 9.59 Å². The summed E-state index contributed by atoms with van der Waals surface area (Å²) in [6.45, 7) is 0.300. The van der Waals surface area contributed by atoms with Gasteiger partial charge in [-0.3, -0.25) is 9.69 Å². The minimum absolute atomic E-state index is 0.0693. The summed E-state index contributed by atoms with van der Waals surface area (Å²) in [7, 11) is 0. The van der Waals surface area contributed by atoms with Gasteiger partial charge in [-0.2, -0.15) is 0 Å². The number of carbonyl (C=O) groups is 2. The van der Waals surface area contributed by atoms with Crippen LogP contribution in [-0.2, 0) is 11.3 Å². The Kier molecular flexibility index (Phi) is 2.55. The van der Waals surface area contributed by atoms with E-state index in [0.717, 1.165) is 10.5 Å². The number of nitrogens with zero attached hydrogens (tertiary/aromatic N) is 2. The first-order valence-corrected chi connectivity index (χ1v) is 4.73. The molecule has 1 aliphatic heterocycles. The van der Waals surface area contributed by atoms with Gasteiger partial charge in [-0.25, -0.2) is 9.78 Å². The predicted molar refractivity (Wildman–Crippen MR) is 53.2 cm³/mol. The van der Waals surface area contributed by atoms with E-state index in [-0.39, 0.29) is 25.0 Å². The van der Waals surface area contributed by atoms with E-state index in [1.54, 1.807) is 18.3 Å². The Balaban J connectivity index is 2.11. The van der Waals surface area contributed by atoms with Crippen LogP contribution in [0.3, 0.4) is 0 Å². The first-order valence-electron chi connectivity index (χ1n) is 4.35. The lowest BCUT2D eigenvalue weighted by molar-refractivity contribution is -0.125. The van der Waals surface area contributed by atoms with E-state index in [1.165, 1.54) is 0 Å². The van der Waals surface area contributed by atoms with Crippen LogP contribution in [0.4, 0.5) is 4.79 Å². The first kappa shape index (κ1) is 9.92. The standard InChI is InChI=1S/C9H8ClN3O2/c10-7-2-1-6(3-11-7)5-13-8(14)4-12-9(13)15/h1-3H,4-5H2,(H,12,15). The van der Waals surface area contributed by atoms with Crippen molar-refractivity contribution in [2.24, 2.45) is 0 Å². The monoisotopic (exact) mass is 225 g/mol. The quantitative estimate of drug-likeness (QED) is 0.598. The minimum atomic E-state index is -0.366. The normalized spacial score (nSPS) is 15.7. The molecule has 3 amide bonds. The number of amides is 3. The molecule has 2 heterocycles. The Bertz CT molecular complexity index is 388. The van der Waals surface area contributed by atoms with Crippen molar-refractivity contribution < 1.29 is 9.59 Å². The number of halogens is 1. The van der Waals surface area contributed by atoms with E-state index in [4.69, 9.17) is 11.6 Å². The molecule has 1 aliphatic rings. The maximum absolute atomic E-state index is 11.3. The number of aromatic nitrogens is 1. The summed E-state index contributed by atoms with van der Waals surface area (Å²) < 4.78 is 0. The van der Waals surface area contributed by atoms with E-state index in [0.29, 0.717) is 5.15 Å². The number of hydrogen-bond acceptors (Lipinski definition) is 3. The zero-order chi connectivity index (χ0) is 10.8. The summed E-state index contributed by atoms with van der Waals surface area (Å²) in [6.07, 6.45) is 1.54. The van der Waals surface area contributed by atoms with Gasteiger partial charge in [-0.1, -0.05) is 17.7 Å². The molecule has 2 rings (SSSR count). The number of carbonyl (C=O) groups excluding carboxylic acids is 2. The van der Waals surface area contributed by atoms with E-state index in [2.05, 4.69) is 10.3 Å². The van der Waals surface area contributed by atoms with Crippen LogP contribution in [0, 0.1) is 0 Å². The largest absolute Gasteiger partial charge is 0.329 e. The second-order valence-electron chi connectivity index (χ2n) is 3.13. The molecule has 0 atom stereocenters. The molecule has 0 aliphatic carbocycles. The maximum Gasteiger partial charge on any atom is 0.324 e. The Morgan fingerprint density at radius 3 is 2.80 bits per heavy atom. The van der Waals surface area contributed by atoms with Gasteiger partial charge < -0.3 is 5.32 Å². The third-order valence-corrected chi connectivity index (χ3v) is 2.29. The number of nitrogens with one attached hydrogen (secondary N) is 1. The Hall–Kier alpha value is -1.62. The average molecular weight is 226 g/mol. The van der Waals surface area contributed by atoms with Crippen molar-refractivity contribution in [2.75, 3.05) is 6.54 Å². The van der Waals surface area contributed by atoms with Crippen molar-refractivity contribution in [3.8, 4) is 0 Å². The highest BCUT2D eigenvalue weighted by atomic mass is 35.5. The SMILES string of the molecule is O=C1CNC(=O)N1Cc1ccc(Cl)nc1. The number of pyridine rings is 1. The summed E-state index contributed by atoms with van der Waals surface area (Å²) in [6, 6.07) is 2.98. The molecule has 1 aromatic rings. The molecule has 0 aromatic carbocycles. The Morgan fingerprint density at radius 2 is 2.27 bits per heavy atom. The highest BCUT2D eigenvalue weighted by Gasteiger charge is 2.28. The highest BCUT2D eigenvalue weighted by Crippen LogP contribution is 2.10. The van der Waals surface area contributed by atoms with Crippen LogP contribution in [0.15, 0.2) is 18.3 Å². The van der Waals surface area contributed by atoms with Crippen molar-refractivity contribution in [2.45, 2.75) is 6.54 Å². The lowest BCUT2D eigenvalue weighted by Crippen LogP contribution is -2.30. The number of rotatable bonds is 2. The fourth-order valence-corrected chi connectivity index (χ4v) is 1.41. The second-order valence-corrected chi connectivity index (χ2v) is 3.52. The van der Waals surface area contributed by atoms with Gasteiger partial charge in [0.1, 0.15) is 5.15 Å². The minimum Gasteiger partial charge on any atom is -0.329 e. The lowest BCUT2D eigenvalue weighted by atomic mass is 10.3. The zero-order valence-electron chi connectivity index (χ0n) is 7.74. The fraction of sp³-hybridized carbons (Fsp3) is 0.222. The van der Waals surface area contributed by atoms with Crippen LogP contribution in [0.5, 0.6) is 0 Å². The summed E-state index contributed by atoms with van der Waals surface area (Å²) in [5.74, 6) is -0.227. The topological polar surface area (TPSA) is 62.3 Å². The molecule has 1 aromatic heterocycles. The number of urea groups is 1. The van der Waals surface area contributed by atoms with Crippen molar-refractivity contribution in [1.82, 2.24) is 15.2 Å². The van der Waals surface area contributed by atoms with E-state index < -0.39 is 0 Å². The molecule has 6 heteroatoms. The Morgan fingerprint density at radius 1 is 1.47 bits per heavy atom. The smallest absolute Gasteiger partial charge is 0.324 e. The molecule has 1 fully saturated rings. The number of imide groups is 1. The van der Waals surface area contributed by atoms with Crippen LogP contribution in [0.2, 0.25) is 5.15 Å². The van der Waals surface area contributed by atoms with Gasteiger partial charge >= 0.3 is 6.03 Å². The summed E-state index contributed by atoms with van der Waals surface area (Å²) >= 11 is 5.61. The van der Waals surface area contributed by atoms with Crippen molar-refractivity contribution in [3.63, 3.8) is 0 Å². The van der Waals surface area contributed by atoms with Crippen LogP contribution in [0.25, 0.3) is 0 Å². The summed E-state index contributed by atoms with van der Waals surface area (Å²) in [5.41, 5.74) is 0.768. The van der Waals surface area contributed by atoms with Gasteiger partial charge in [0.2, 0.25) is 5.91 Å². The molecule has 15 heavy (non-hydrogen) atoms. The third-order valence-electron chi connectivity index (χ3n) is 2.07. The van der Waals surface area contributed by atoms with E-state index >= 15 is 0 Å². The van der Waals surface area contributed by atoms with Crippen LogP contribution < -0.4 is 5.32 Å². The van der Waals surface area contributed by atoms with Gasteiger partial charge in [0.25, 0.3) is 0 Å². The molecule has 1 saturated heterocycles. The molecule has 0 bridgehead atoms. The average Bonchev–Trinajstić information content (AvgIpc) is 2.53. The third kappa shape index (κ3) is 2.07. The van der Waals surface area contributed by atoms with Crippen LogP contribution in [0.1, 0.15) is 5.56 Å². The molecule has 0 unspecified atom stereocenters. The zero-order valence-corrected chi connectivity index (χ0v) is 8.49. The lowest BCUT2D eigenvalue weighted by Gasteiger charge is -2.11. The van der Waals surface area contributed by atoms with Crippen molar-refractivity contribution >= 4 is 23.5 Å². The molecule has 78 valence electrons. The van der Waals surface area contributed by atoms with Gasteiger partial charge in [-0.05, 0) is 11.6 Å². The Labute approximate surface area is 91.0 Å². The first-order chi connectivity index (χ1) is 7.16. The van der Waals surface area contributed by atoms with Crippen LogP contribution >= 0.6 is 11.6 Å². The molecule has 5 nitrogen and oxygen atoms in total. The fourth-order valence-electron chi connectivity index (χ4n) is 1.30. The van der Waals surface area contributed by atoms with Gasteiger partial charge in [0, 0.05) is 6.20 Å². The summed E-state index contributed by atoms with van der Waals surface area (Å²) in [4.78, 5) is 27.5. The number of hydrogen-bond donors (Lipinski definition) is 1. The molecule has 0 saturated carbocycles. The molecule has 0 spiro atoms. The molecule has 1 N–H and O–H groups in total. The van der Waals surface area contributed by atoms with Crippen molar-refractivity contribution in [3.05, 3.63) is 29.0 Å². The van der Waals surface area contributed by atoms with Gasteiger partial charge in [-0.15, -0.1) is 0 Å². The second kappa shape index (κ2) is 3.86. The van der Waals surface area contributed by atoms with Gasteiger partial charge in [0.15, 0.2) is 0 Å². The highest BCUT2D eigenvalue weighted by molar-refractivity contribution is 6.29. The van der Waals surface area contributed by atoms with E-state index in [1.807, 2.05) is 0 Å².